The number of anilines is 2. The van der Waals surface area contributed by atoms with E-state index >= 15 is 0 Å². The van der Waals surface area contributed by atoms with Crippen molar-refractivity contribution in [2.45, 2.75) is 0 Å². The highest BCUT2D eigenvalue weighted by molar-refractivity contribution is 6.31. The van der Waals surface area contributed by atoms with Crippen LogP contribution in [-0.4, -0.2) is 16.1 Å². The second kappa shape index (κ2) is 5.51. The van der Waals surface area contributed by atoms with Gasteiger partial charge in [0.05, 0.1) is 16.2 Å². The molecule has 118 valence electrons. The van der Waals surface area contributed by atoms with E-state index in [4.69, 9.17) is 16.7 Å². The molecule has 1 heterocycles. The fraction of sp³-hybridized carbons (Fsp3) is 0. The molecule has 0 aliphatic rings. The molecule has 0 fully saturated rings. The zero-order valence-electron chi connectivity index (χ0n) is 11.3. The summed E-state index contributed by atoms with van der Waals surface area (Å²) >= 11 is 5.66. The smallest absolute Gasteiger partial charge is 0.352 e. The van der Waals surface area contributed by atoms with Gasteiger partial charge in [0, 0.05) is 17.1 Å². The van der Waals surface area contributed by atoms with E-state index in [1.807, 2.05) is 0 Å². The van der Waals surface area contributed by atoms with Gasteiger partial charge in [0.1, 0.15) is 23.1 Å². The Morgan fingerprint density at radius 2 is 1.83 bits per heavy atom. The van der Waals surface area contributed by atoms with Gasteiger partial charge in [0.2, 0.25) is 0 Å². The molecule has 0 unspecified atom stereocenters. The molecule has 8 heteroatoms. The van der Waals surface area contributed by atoms with Crippen LogP contribution in [0.5, 0.6) is 0 Å². The molecule has 4 nitrogen and oxygen atoms in total. The van der Waals surface area contributed by atoms with Gasteiger partial charge in [-0.2, -0.15) is 0 Å². The van der Waals surface area contributed by atoms with Crippen molar-refractivity contribution in [1.29, 1.82) is 0 Å². The number of aromatic carboxylic acids is 1. The van der Waals surface area contributed by atoms with Crippen LogP contribution in [0, 0.1) is 17.5 Å². The maximum Gasteiger partial charge on any atom is 0.352 e. The first kappa shape index (κ1) is 15.2. The summed E-state index contributed by atoms with van der Waals surface area (Å²) in [4.78, 5) is 13.4. The molecule has 0 atom stereocenters. The molecule has 3 rings (SSSR count). The quantitative estimate of drug-likeness (QED) is 0.648. The van der Waals surface area contributed by atoms with Gasteiger partial charge in [-0.25, -0.2) is 18.0 Å². The summed E-state index contributed by atoms with van der Waals surface area (Å²) in [6.45, 7) is 0. The number of hydrogen-bond donors (Lipinski definition) is 3. The Morgan fingerprint density at radius 1 is 1.09 bits per heavy atom. The first-order chi connectivity index (χ1) is 10.9. The number of H-pyrrole nitrogens is 1. The monoisotopic (exact) mass is 340 g/mol. The lowest BCUT2D eigenvalue weighted by Crippen LogP contribution is -1.96. The molecule has 0 spiro atoms. The average molecular weight is 341 g/mol. The Labute approximate surface area is 132 Å². The van der Waals surface area contributed by atoms with Gasteiger partial charge < -0.3 is 15.4 Å². The number of benzene rings is 2. The lowest BCUT2D eigenvalue weighted by Gasteiger charge is -2.10. The first-order valence-electron chi connectivity index (χ1n) is 6.33. The second-order valence-corrected chi connectivity index (χ2v) is 5.15. The molecule has 0 amide bonds. The molecule has 3 aromatic rings. The fourth-order valence-corrected chi connectivity index (χ4v) is 2.37. The Balaban J connectivity index is 2.15. The molecule has 1 aromatic heterocycles. The van der Waals surface area contributed by atoms with E-state index in [1.165, 1.54) is 12.1 Å². The maximum atomic E-state index is 14.1. The van der Waals surface area contributed by atoms with Crippen molar-refractivity contribution >= 4 is 39.8 Å². The van der Waals surface area contributed by atoms with Crippen LogP contribution >= 0.6 is 11.6 Å². The van der Waals surface area contributed by atoms with E-state index in [0.717, 1.165) is 12.1 Å². The first-order valence-corrected chi connectivity index (χ1v) is 6.70. The van der Waals surface area contributed by atoms with Crippen molar-refractivity contribution in [3.63, 3.8) is 0 Å². The summed E-state index contributed by atoms with van der Waals surface area (Å²) in [7, 11) is 0. The lowest BCUT2D eigenvalue weighted by atomic mass is 10.1. The van der Waals surface area contributed by atoms with E-state index in [2.05, 4.69) is 10.3 Å². The lowest BCUT2D eigenvalue weighted by molar-refractivity contribution is 0.0691. The number of halogens is 4. The molecule has 0 aliphatic heterocycles. The van der Waals surface area contributed by atoms with Crippen molar-refractivity contribution in [3.05, 3.63) is 58.5 Å². The third kappa shape index (κ3) is 2.70. The second-order valence-electron chi connectivity index (χ2n) is 4.75. The normalized spacial score (nSPS) is 11.0. The minimum absolute atomic E-state index is 0.0142. The van der Waals surface area contributed by atoms with E-state index < -0.39 is 23.4 Å². The largest absolute Gasteiger partial charge is 0.477 e. The molecule has 0 saturated heterocycles. The molecule has 23 heavy (non-hydrogen) atoms. The zero-order chi connectivity index (χ0) is 16.7. The van der Waals surface area contributed by atoms with Crippen LogP contribution in [0.1, 0.15) is 10.5 Å². The predicted octanol–water partition coefficient (Wildman–Crippen LogP) is 4.68. The molecule has 2 aromatic carbocycles. The van der Waals surface area contributed by atoms with Gasteiger partial charge in [0.25, 0.3) is 0 Å². The van der Waals surface area contributed by atoms with E-state index in [-0.39, 0.29) is 33.0 Å². The molecule has 0 bridgehead atoms. The average Bonchev–Trinajstić information content (AvgIpc) is 2.93. The Hall–Kier alpha value is -2.67. The minimum Gasteiger partial charge on any atom is -0.477 e. The number of rotatable bonds is 3. The third-order valence-electron chi connectivity index (χ3n) is 3.24. The van der Waals surface area contributed by atoms with Crippen molar-refractivity contribution < 1.29 is 23.1 Å². The molecule has 0 radical (unpaired) electrons. The van der Waals surface area contributed by atoms with Crippen LogP contribution in [0.25, 0.3) is 10.9 Å². The van der Waals surface area contributed by atoms with Crippen LogP contribution in [-0.2, 0) is 0 Å². The zero-order valence-corrected chi connectivity index (χ0v) is 12.0. The van der Waals surface area contributed by atoms with Crippen molar-refractivity contribution in [1.82, 2.24) is 4.98 Å². The van der Waals surface area contributed by atoms with Crippen LogP contribution in [0.3, 0.4) is 0 Å². The summed E-state index contributed by atoms with van der Waals surface area (Å²) in [5, 5.41) is 11.5. The minimum atomic E-state index is -1.31. The summed E-state index contributed by atoms with van der Waals surface area (Å²) in [5.74, 6) is -3.80. The van der Waals surface area contributed by atoms with Crippen LogP contribution in [0.4, 0.5) is 24.5 Å². The van der Waals surface area contributed by atoms with Gasteiger partial charge in [-0.05, 0) is 24.3 Å². The maximum absolute atomic E-state index is 14.1. The standard InChI is InChI=1S/C15H8ClF3N2O2/c16-8-3-6(1-2-9(8)17)20-13-7-4-12(15(22)23)21-14(7)11(19)5-10(13)18/h1-5,20-21H,(H,22,23). The summed E-state index contributed by atoms with van der Waals surface area (Å²) in [5.41, 5.74) is -0.321. The summed E-state index contributed by atoms with van der Waals surface area (Å²) in [6.07, 6.45) is 0. The van der Waals surface area contributed by atoms with E-state index in [0.29, 0.717) is 6.07 Å². The van der Waals surface area contributed by atoms with Crippen LogP contribution < -0.4 is 5.32 Å². The molecule has 0 aliphatic carbocycles. The fourth-order valence-electron chi connectivity index (χ4n) is 2.18. The van der Waals surface area contributed by atoms with Crippen LogP contribution in [0.2, 0.25) is 5.02 Å². The van der Waals surface area contributed by atoms with Gasteiger partial charge in [-0.3, -0.25) is 0 Å². The van der Waals surface area contributed by atoms with Crippen LogP contribution in [0.15, 0.2) is 30.3 Å². The SMILES string of the molecule is O=C(O)c1cc2c(Nc3ccc(F)c(Cl)c3)c(F)cc(F)c2[nH]1. The van der Waals surface area contributed by atoms with Gasteiger partial charge >= 0.3 is 5.97 Å². The predicted molar refractivity (Wildman–Crippen MR) is 79.9 cm³/mol. The Kier molecular flexibility index (Phi) is 3.65. The van der Waals surface area contributed by atoms with Crippen molar-refractivity contribution in [3.8, 4) is 0 Å². The number of nitrogens with one attached hydrogen (secondary N) is 2. The molecule has 3 N–H and O–H groups in total. The topological polar surface area (TPSA) is 65.1 Å². The van der Waals surface area contributed by atoms with Gasteiger partial charge in [-0.15, -0.1) is 0 Å². The number of carbonyl (C=O) groups is 1. The molecule has 0 saturated carbocycles. The number of hydrogen-bond acceptors (Lipinski definition) is 2. The van der Waals surface area contributed by atoms with E-state index in [9.17, 15) is 18.0 Å². The Bertz CT molecular complexity index is 940. The van der Waals surface area contributed by atoms with Crippen molar-refractivity contribution in [2.24, 2.45) is 0 Å². The summed E-state index contributed by atoms with van der Waals surface area (Å²) < 4.78 is 41.0. The number of carboxylic acid groups (broad SMARTS) is 1. The highest BCUT2D eigenvalue weighted by Crippen LogP contribution is 2.33. The van der Waals surface area contributed by atoms with Gasteiger partial charge in [0.15, 0.2) is 0 Å². The van der Waals surface area contributed by atoms with E-state index in [1.54, 1.807) is 0 Å². The highest BCUT2D eigenvalue weighted by atomic mass is 35.5. The van der Waals surface area contributed by atoms with Gasteiger partial charge in [-0.1, -0.05) is 11.6 Å². The Morgan fingerprint density at radius 3 is 2.48 bits per heavy atom. The third-order valence-corrected chi connectivity index (χ3v) is 3.53. The molecular weight excluding hydrogens is 333 g/mol. The number of aromatic nitrogens is 1. The highest BCUT2D eigenvalue weighted by Gasteiger charge is 2.18. The summed E-state index contributed by atoms with van der Waals surface area (Å²) in [6, 6.07) is 5.37. The number of carboxylic acids is 1. The van der Waals surface area contributed by atoms with Crippen molar-refractivity contribution in [2.75, 3.05) is 5.32 Å². The number of fused-ring (bicyclic) bond motifs is 1. The molecular formula is C15H8ClF3N2O2. The number of aromatic amines is 1.